The second kappa shape index (κ2) is 5.28. The van der Waals surface area contributed by atoms with E-state index in [-0.39, 0.29) is 0 Å². The highest BCUT2D eigenvalue weighted by Crippen LogP contribution is 2.14. The SMILES string of the molecule is N#Cc1cc(Cl)nc(NCc2cccnc2)c1. The summed E-state index contributed by atoms with van der Waals surface area (Å²) in [5, 5.41) is 12.2. The van der Waals surface area contributed by atoms with Crippen LogP contribution >= 0.6 is 11.6 Å². The Bertz CT molecular complexity index is 548. The summed E-state index contributed by atoms with van der Waals surface area (Å²) in [6.45, 7) is 0.589. The smallest absolute Gasteiger partial charge is 0.132 e. The number of pyridine rings is 2. The molecule has 2 rings (SSSR count). The standard InChI is InChI=1S/C12H9ClN4/c13-11-4-10(6-14)5-12(17-11)16-8-9-2-1-3-15-7-9/h1-5,7H,8H2,(H,16,17). The van der Waals surface area contributed by atoms with Crippen LogP contribution in [0, 0.1) is 11.3 Å². The van der Waals surface area contributed by atoms with Gasteiger partial charge in [0.05, 0.1) is 11.6 Å². The molecule has 0 saturated heterocycles. The maximum Gasteiger partial charge on any atom is 0.132 e. The molecule has 0 bridgehead atoms. The Kier molecular flexibility index (Phi) is 3.53. The lowest BCUT2D eigenvalue weighted by molar-refractivity contribution is 1.08. The summed E-state index contributed by atoms with van der Waals surface area (Å²) in [5.41, 5.74) is 1.52. The molecule has 0 atom stereocenters. The highest BCUT2D eigenvalue weighted by Gasteiger charge is 2.00. The summed E-state index contributed by atoms with van der Waals surface area (Å²) in [5.74, 6) is 0.581. The average molecular weight is 245 g/mol. The van der Waals surface area contributed by atoms with Crippen molar-refractivity contribution in [3.8, 4) is 6.07 Å². The zero-order valence-corrected chi connectivity index (χ0v) is 9.65. The van der Waals surface area contributed by atoms with Crippen LogP contribution in [-0.4, -0.2) is 9.97 Å². The molecule has 0 amide bonds. The summed E-state index contributed by atoms with van der Waals surface area (Å²) in [6, 6.07) is 9.03. The molecule has 0 aliphatic heterocycles. The first-order valence-corrected chi connectivity index (χ1v) is 5.36. The van der Waals surface area contributed by atoms with E-state index >= 15 is 0 Å². The lowest BCUT2D eigenvalue weighted by Crippen LogP contribution is -2.02. The minimum absolute atomic E-state index is 0.303. The number of halogens is 1. The maximum absolute atomic E-state index is 8.80. The zero-order chi connectivity index (χ0) is 12.1. The van der Waals surface area contributed by atoms with E-state index in [1.807, 2.05) is 18.2 Å². The Morgan fingerprint density at radius 2 is 2.29 bits per heavy atom. The third-order valence-electron chi connectivity index (χ3n) is 2.12. The van der Waals surface area contributed by atoms with Crippen molar-refractivity contribution >= 4 is 17.4 Å². The number of rotatable bonds is 3. The molecule has 0 spiro atoms. The van der Waals surface area contributed by atoms with Crippen LogP contribution < -0.4 is 5.32 Å². The molecule has 2 heterocycles. The molecule has 0 aromatic carbocycles. The number of aromatic nitrogens is 2. The van der Waals surface area contributed by atoms with Gasteiger partial charge in [-0.3, -0.25) is 4.98 Å². The summed E-state index contributed by atoms with van der Waals surface area (Å²) < 4.78 is 0. The quantitative estimate of drug-likeness (QED) is 0.843. The molecule has 84 valence electrons. The Morgan fingerprint density at radius 3 is 3.00 bits per heavy atom. The largest absolute Gasteiger partial charge is 0.366 e. The van der Waals surface area contributed by atoms with Gasteiger partial charge in [0, 0.05) is 18.9 Å². The van der Waals surface area contributed by atoms with Crippen molar-refractivity contribution in [2.45, 2.75) is 6.54 Å². The van der Waals surface area contributed by atoms with E-state index < -0.39 is 0 Å². The van der Waals surface area contributed by atoms with Crippen molar-refractivity contribution < 1.29 is 0 Å². The monoisotopic (exact) mass is 244 g/mol. The van der Waals surface area contributed by atoms with Crippen LogP contribution in [0.4, 0.5) is 5.82 Å². The average Bonchev–Trinajstić information content (AvgIpc) is 2.37. The molecule has 0 aliphatic carbocycles. The third-order valence-corrected chi connectivity index (χ3v) is 2.31. The lowest BCUT2D eigenvalue weighted by Gasteiger charge is -2.05. The first kappa shape index (κ1) is 11.4. The normalized spacial score (nSPS) is 9.65. The van der Waals surface area contributed by atoms with Crippen molar-refractivity contribution in [1.82, 2.24) is 9.97 Å². The second-order valence-corrected chi connectivity index (χ2v) is 3.78. The zero-order valence-electron chi connectivity index (χ0n) is 8.89. The molecule has 0 radical (unpaired) electrons. The molecular weight excluding hydrogens is 236 g/mol. The molecule has 0 fully saturated rings. The molecule has 2 aromatic rings. The lowest BCUT2D eigenvalue weighted by atomic mass is 10.2. The van der Waals surface area contributed by atoms with Crippen LogP contribution in [0.25, 0.3) is 0 Å². The van der Waals surface area contributed by atoms with Gasteiger partial charge in [0.1, 0.15) is 11.0 Å². The molecule has 1 N–H and O–H groups in total. The van der Waals surface area contributed by atoms with Crippen molar-refractivity contribution in [2.75, 3.05) is 5.32 Å². The number of nitrogens with zero attached hydrogens (tertiary/aromatic N) is 3. The van der Waals surface area contributed by atoms with Crippen LogP contribution in [0.5, 0.6) is 0 Å². The van der Waals surface area contributed by atoms with Gasteiger partial charge in [0.2, 0.25) is 0 Å². The summed E-state index contributed by atoms with van der Waals surface area (Å²) in [4.78, 5) is 8.09. The van der Waals surface area contributed by atoms with Crippen molar-refractivity contribution in [1.29, 1.82) is 5.26 Å². The Morgan fingerprint density at radius 1 is 1.41 bits per heavy atom. The number of hydrogen-bond acceptors (Lipinski definition) is 4. The molecule has 0 saturated carbocycles. The predicted octanol–water partition coefficient (Wildman–Crippen LogP) is 2.61. The molecule has 5 heteroatoms. The van der Waals surface area contributed by atoms with Crippen LogP contribution in [-0.2, 0) is 6.54 Å². The third kappa shape index (κ3) is 3.16. The van der Waals surface area contributed by atoms with Crippen LogP contribution in [0.1, 0.15) is 11.1 Å². The maximum atomic E-state index is 8.80. The van der Waals surface area contributed by atoms with E-state index in [1.54, 1.807) is 18.5 Å². The van der Waals surface area contributed by atoms with Crippen LogP contribution in [0.15, 0.2) is 36.7 Å². The van der Waals surface area contributed by atoms with Gasteiger partial charge in [-0.25, -0.2) is 4.98 Å². The molecule has 17 heavy (non-hydrogen) atoms. The summed E-state index contributed by atoms with van der Waals surface area (Å²) in [7, 11) is 0. The number of hydrogen-bond donors (Lipinski definition) is 1. The van der Waals surface area contributed by atoms with E-state index in [2.05, 4.69) is 15.3 Å². The van der Waals surface area contributed by atoms with Gasteiger partial charge in [-0.05, 0) is 23.8 Å². The van der Waals surface area contributed by atoms with E-state index in [4.69, 9.17) is 16.9 Å². The fraction of sp³-hybridized carbons (Fsp3) is 0.0833. The highest BCUT2D eigenvalue weighted by molar-refractivity contribution is 6.29. The minimum Gasteiger partial charge on any atom is -0.366 e. The Hall–Kier alpha value is -2.12. The van der Waals surface area contributed by atoms with Gasteiger partial charge in [0.15, 0.2) is 0 Å². The van der Waals surface area contributed by atoms with E-state index in [0.717, 1.165) is 5.56 Å². The van der Waals surface area contributed by atoms with E-state index in [9.17, 15) is 0 Å². The van der Waals surface area contributed by atoms with Crippen molar-refractivity contribution in [2.24, 2.45) is 0 Å². The summed E-state index contributed by atoms with van der Waals surface area (Å²) in [6.07, 6.45) is 3.48. The highest BCUT2D eigenvalue weighted by atomic mass is 35.5. The molecule has 4 nitrogen and oxygen atoms in total. The molecular formula is C12H9ClN4. The van der Waals surface area contributed by atoms with Crippen molar-refractivity contribution in [3.05, 3.63) is 52.9 Å². The van der Waals surface area contributed by atoms with Gasteiger partial charge >= 0.3 is 0 Å². The fourth-order valence-electron chi connectivity index (χ4n) is 1.35. The molecule has 2 aromatic heterocycles. The van der Waals surface area contributed by atoms with Crippen LogP contribution in [0.3, 0.4) is 0 Å². The van der Waals surface area contributed by atoms with Gasteiger partial charge < -0.3 is 5.32 Å². The summed E-state index contributed by atoms with van der Waals surface area (Å²) >= 11 is 5.80. The molecule has 0 aliphatic rings. The first-order chi connectivity index (χ1) is 8.28. The number of anilines is 1. The number of nitrogens with one attached hydrogen (secondary N) is 1. The second-order valence-electron chi connectivity index (χ2n) is 3.39. The fourth-order valence-corrected chi connectivity index (χ4v) is 1.56. The van der Waals surface area contributed by atoms with E-state index in [0.29, 0.717) is 23.1 Å². The van der Waals surface area contributed by atoms with Crippen LogP contribution in [0.2, 0.25) is 5.15 Å². The predicted molar refractivity (Wildman–Crippen MR) is 65.5 cm³/mol. The minimum atomic E-state index is 0.303. The van der Waals surface area contributed by atoms with Gasteiger partial charge in [-0.2, -0.15) is 5.26 Å². The van der Waals surface area contributed by atoms with Gasteiger partial charge in [-0.1, -0.05) is 17.7 Å². The van der Waals surface area contributed by atoms with E-state index in [1.165, 1.54) is 6.07 Å². The molecule has 0 unspecified atom stereocenters. The van der Waals surface area contributed by atoms with Crippen molar-refractivity contribution in [3.63, 3.8) is 0 Å². The first-order valence-electron chi connectivity index (χ1n) is 4.98. The number of nitriles is 1. The van der Waals surface area contributed by atoms with Gasteiger partial charge in [0.25, 0.3) is 0 Å². The Labute approximate surface area is 104 Å². The van der Waals surface area contributed by atoms with Gasteiger partial charge in [-0.15, -0.1) is 0 Å². The topological polar surface area (TPSA) is 61.6 Å². The Balaban J connectivity index is 2.10.